The smallest absolute Gasteiger partial charge is 0.305 e. The van der Waals surface area contributed by atoms with E-state index in [4.69, 9.17) is 4.74 Å². The Labute approximate surface area is 481 Å². The fourth-order valence-electron chi connectivity index (χ4n) is 10.8. The molecule has 0 rings (SSSR count). The van der Waals surface area contributed by atoms with E-state index in [9.17, 15) is 19.8 Å². The lowest BCUT2D eigenvalue weighted by molar-refractivity contribution is -0.143. The molecule has 1 amide bonds. The van der Waals surface area contributed by atoms with Gasteiger partial charge in [0, 0.05) is 12.8 Å². The van der Waals surface area contributed by atoms with Crippen LogP contribution in [0.15, 0.2) is 36.5 Å². The molecule has 6 nitrogen and oxygen atoms in total. The molecule has 0 fully saturated rings. The lowest BCUT2D eigenvalue weighted by Gasteiger charge is -2.22. The van der Waals surface area contributed by atoms with Crippen molar-refractivity contribution in [3.8, 4) is 0 Å². The van der Waals surface area contributed by atoms with Crippen molar-refractivity contribution in [1.29, 1.82) is 0 Å². The van der Waals surface area contributed by atoms with E-state index in [0.717, 1.165) is 51.4 Å². The van der Waals surface area contributed by atoms with E-state index in [1.807, 2.05) is 0 Å². The summed E-state index contributed by atoms with van der Waals surface area (Å²) in [5.41, 5.74) is 0. The SMILES string of the molecule is CCCC/C=C\C/C=C\CCCCCCCC(=O)OCCCCCCCCCCCCCC/C=C\CCCCCCCCCCC(=O)NC(CO)C(O)CCCCCCCCCCCCCCCCCCCCCCCC. The van der Waals surface area contributed by atoms with Crippen LogP contribution < -0.4 is 5.32 Å². The van der Waals surface area contributed by atoms with Gasteiger partial charge in [-0.1, -0.05) is 326 Å². The number of carbonyl (C=O) groups is 2. The zero-order valence-corrected chi connectivity index (χ0v) is 52.0. The third-order valence-corrected chi connectivity index (χ3v) is 16.2. The first-order valence-electron chi connectivity index (χ1n) is 34.7. The number of aliphatic hydroxyl groups excluding tert-OH is 2. The second kappa shape index (κ2) is 66.6. The summed E-state index contributed by atoms with van der Waals surface area (Å²) in [5, 5.41) is 23.4. The summed E-state index contributed by atoms with van der Waals surface area (Å²) in [7, 11) is 0. The molecule has 2 unspecified atom stereocenters. The third-order valence-electron chi connectivity index (χ3n) is 16.2. The summed E-state index contributed by atoms with van der Waals surface area (Å²) in [6.45, 7) is 4.93. The molecular formula is C71H135NO5. The van der Waals surface area contributed by atoms with E-state index in [2.05, 4.69) is 55.6 Å². The molecule has 0 bridgehead atoms. The van der Waals surface area contributed by atoms with Crippen molar-refractivity contribution in [3.05, 3.63) is 36.5 Å². The van der Waals surface area contributed by atoms with Crippen LogP contribution in [0.3, 0.4) is 0 Å². The van der Waals surface area contributed by atoms with Gasteiger partial charge in [0.1, 0.15) is 0 Å². The van der Waals surface area contributed by atoms with Crippen LogP contribution in [0.25, 0.3) is 0 Å². The number of ether oxygens (including phenoxy) is 1. The predicted octanol–water partition coefficient (Wildman–Crippen LogP) is 22.3. The van der Waals surface area contributed by atoms with E-state index < -0.39 is 12.1 Å². The Kier molecular flexibility index (Phi) is 64.9. The molecular weight excluding hydrogens is 947 g/mol. The van der Waals surface area contributed by atoms with Gasteiger partial charge in [0.15, 0.2) is 0 Å². The maximum atomic E-state index is 12.5. The summed E-state index contributed by atoms with van der Waals surface area (Å²) < 4.78 is 5.48. The minimum Gasteiger partial charge on any atom is -0.466 e. The molecule has 77 heavy (non-hydrogen) atoms. The summed E-state index contributed by atoms with van der Waals surface area (Å²) in [6, 6.07) is -0.546. The highest BCUT2D eigenvalue weighted by atomic mass is 16.5. The van der Waals surface area contributed by atoms with Crippen LogP contribution in [-0.2, 0) is 14.3 Å². The Morgan fingerprint density at radius 3 is 1.04 bits per heavy atom. The van der Waals surface area contributed by atoms with Gasteiger partial charge in [-0.3, -0.25) is 9.59 Å². The van der Waals surface area contributed by atoms with E-state index in [1.165, 1.54) is 295 Å². The van der Waals surface area contributed by atoms with Gasteiger partial charge in [-0.15, -0.1) is 0 Å². The highest BCUT2D eigenvalue weighted by molar-refractivity contribution is 5.76. The van der Waals surface area contributed by atoms with Crippen molar-refractivity contribution in [2.45, 2.75) is 392 Å². The van der Waals surface area contributed by atoms with Crippen LogP contribution in [-0.4, -0.2) is 47.4 Å². The topological polar surface area (TPSA) is 95.9 Å². The van der Waals surface area contributed by atoms with Crippen LogP contribution in [0.2, 0.25) is 0 Å². The number of nitrogens with one attached hydrogen (secondary N) is 1. The van der Waals surface area contributed by atoms with Crippen LogP contribution in [0.1, 0.15) is 380 Å². The van der Waals surface area contributed by atoms with Crippen molar-refractivity contribution in [2.75, 3.05) is 13.2 Å². The largest absolute Gasteiger partial charge is 0.466 e. The molecule has 0 aromatic heterocycles. The van der Waals surface area contributed by atoms with Gasteiger partial charge in [0.05, 0.1) is 25.4 Å². The average Bonchev–Trinajstić information content (AvgIpc) is 3.43. The number of amides is 1. The predicted molar refractivity (Wildman–Crippen MR) is 338 cm³/mol. The van der Waals surface area contributed by atoms with Crippen LogP contribution in [0, 0.1) is 0 Å². The fourth-order valence-corrected chi connectivity index (χ4v) is 10.8. The van der Waals surface area contributed by atoms with Gasteiger partial charge in [-0.05, 0) is 77.0 Å². The number of allylic oxidation sites excluding steroid dienone is 6. The zero-order valence-electron chi connectivity index (χ0n) is 52.0. The van der Waals surface area contributed by atoms with Crippen LogP contribution >= 0.6 is 0 Å². The first kappa shape index (κ1) is 75.1. The summed E-state index contributed by atoms with van der Waals surface area (Å²) in [4.78, 5) is 24.6. The number of unbranched alkanes of at least 4 members (excludes halogenated alkanes) is 48. The monoisotopic (exact) mass is 1080 g/mol. The van der Waals surface area contributed by atoms with Crippen LogP contribution in [0.5, 0.6) is 0 Å². The van der Waals surface area contributed by atoms with Crippen molar-refractivity contribution in [3.63, 3.8) is 0 Å². The Hall–Kier alpha value is -1.92. The molecule has 0 aliphatic heterocycles. The Balaban J connectivity index is 3.41. The van der Waals surface area contributed by atoms with E-state index >= 15 is 0 Å². The van der Waals surface area contributed by atoms with Gasteiger partial charge in [0.2, 0.25) is 5.91 Å². The first-order chi connectivity index (χ1) is 38.0. The maximum Gasteiger partial charge on any atom is 0.305 e. The normalized spacial score (nSPS) is 12.7. The van der Waals surface area contributed by atoms with Gasteiger partial charge < -0.3 is 20.3 Å². The number of aliphatic hydroxyl groups is 2. The zero-order chi connectivity index (χ0) is 55.7. The van der Waals surface area contributed by atoms with E-state index in [0.29, 0.717) is 25.9 Å². The molecule has 0 aliphatic rings. The molecule has 0 saturated heterocycles. The quantitative estimate of drug-likeness (QED) is 0.0320. The summed E-state index contributed by atoms with van der Waals surface area (Å²) in [6.07, 6.45) is 84.7. The first-order valence-corrected chi connectivity index (χ1v) is 34.7. The molecule has 0 spiro atoms. The van der Waals surface area contributed by atoms with Gasteiger partial charge in [0.25, 0.3) is 0 Å². The van der Waals surface area contributed by atoms with E-state index in [-0.39, 0.29) is 18.5 Å². The van der Waals surface area contributed by atoms with Gasteiger partial charge >= 0.3 is 5.97 Å². The summed E-state index contributed by atoms with van der Waals surface area (Å²) in [5.74, 6) is -0.0374. The summed E-state index contributed by atoms with van der Waals surface area (Å²) >= 11 is 0. The van der Waals surface area contributed by atoms with E-state index in [1.54, 1.807) is 0 Å². The van der Waals surface area contributed by atoms with Crippen molar-refractivity contribution in [1.82, 2.24) is 5.32 Å². The molecule has 0 heterocycles. The fraction of sp³-hybridized carbons (Fsp3) is 0.887. The molecule has 0 aromatic carbocycles. The molecule has 0 aromatic rings. The Morgan fingerprint density at radius 1 is 0.364 bits per heavy atom. The molecule has 2 atom stereocenters. The minimum atomic E-state index is -0.669. The number of carbonyl (C=O) groups excluding carboxylic acids is 2. The molecule has 0 aliphatic carbocycles. The van der Waals surface area contributed by atoms with Crippen molar-refractivity contribution in [2.24, 2.45) is 0 Å². The number of hydrogen-bond donors (Lipinski definition) is 3. The molecule has 6 heteroatoms. The molecule has 0 radical (unpaired) electrons. The highest BCUT2D eigenvalue weighted by Gasteiger charge is 2.20. The number of rotatable bonds is 65. The van der Waals surface area contributed by atoms with Gasteiger partial charge in [-0.25, -0.2) is 0 Å². The van der Waals surface area contributed by atoms with Crippen LogP contribution in [0.4, 0.5) is 0 Å². The molecule has 0 saturated carbocycles. The lowest BCUT2D eigenvalue weighted by atomic mass is 10.0. The third kappa shape index (κ3) is 63.1. The van der Waals surface area contributed by atoms with Gasteiger partial charge in [-0.2, -0.15) is 0 Å². The Morgan fingerprint density at radius 2 is 0.662 bits per heavy atom. The van der Waals surface area contributed by atoms with Crippen molar-refractivity contribution >= 4 is 11.9 Å². The average molecular weight is 1080 g/mol. The highest BCUT2D eigenvalue weighted by Crippen LogP contribution is 2.18. The number of esters is 1. The number of hydrogen-bond acceptors (Lipinski definition) is 5. The Bertz CT molecular complexity index is 1250. The molecule has 454 valence electrons. The lowest BCUT2D eigenvalue weighted by Crippen LogP contribution is -2.45. The minimum absolute atomic E-state index is 0.00162. The second-order valence-electron chi connectivity index (χ2n) is 23.9. The molecule has 3 N–H and O–H groups in total. The standard InChI is InChI=1S/C71H135NO5/c1-3-5-7-9-11-13-15-17-19-20-21-22-27-30-33-36-39-43-47-51-55-59-63-69(74)68(67-73)72-70(75)64-60-56-52-48-44-40-37-34-31-28-25-23-24-26-29-32-35-38-42-46-50-54-58-62-66-77-71(76)65-61-57-53-49-45-41-18-16-14-12-10-8-6-4-2/h10,12,16,18,25,28,68-69,73-74H,3-9,11,13-15,17,19-24,26-27,29-67H2,1-2H3,(H,72,75)/b12-10-,18-16-,28-25-. The van der Waals surface area contributed by atoms with Crippen molar-refractivity contribution < 1.29 is 24.5 Å². The second-order valence-corrected chi connectivity index (χ2v) is 23.9. The maximum absolute atomic E-state index is 12.5.